The van der Waals surface area contributed by atoms with Gasteiger partial charge in [0.25, 0.3) is 5.91 Å². The molecular formula is C17H17ClINO. The van der Waals surface area contributed by atoms with Crippen LogP contribution in [0, 0.1) is 10.5 Å². The number of hydrogen-bond donors (Lipinski definition) is 1. The highest BCUT2D eigenvalue weighted by Crippen LogP contribution is 2.21. The van der Waals surface area contributed by atoms with Gasteiger partial charge in [0.2, 0.25) is 0 Å². The minimum absolute atomic E-state index is 0.00730. The van der Waals surface area contributed by atoms with Crippen molar-refractivity contribution in [3.05, 3.63) is 67.7 Å². The van der Waals surface area contributed by atoms with E-state index in [1.165, 1.54) is 5.56 Å². The van der Waals surface area contributed by atoms with Crippen molar-refractivity contribution in [2.24, 2.45) is 0 Å². The fraction of sp³-hybridized carbons (Fsp3) is 0.235. The van der Waals surface area contributed by atoms with Crippen molar-refractivity contribution in [3.63, 3.8) is 0 Å². The van der Waals surface area contributed by atoms with E-state index >= 15 is 0 Å². The molecule has 21 heavy (non-hydrogen) atoms. The van der Waals surface area contributed by atoms with Crippen LogP contribution in [-0.4, -0.2) is 5.91 Å². The quantitative estimate of drug-likeness (QED) is 0.691. The van der Waals surface area contributed by atoms with Crippen LogP contribution >= 0.6 is 34.2 Å². The molecule has 0 aliphatic heterocycles. The molecule has 0 aliphatic rings. The number of amides is 1. The molecule has 2 nitrogen and oxygen atoms in total. The number of rotatable bonds is 4. The first-order valence-corrected chi connectivity index (χ1v) is 8.29. The molecule has 1 N–H and O–H groups in total. The molecule has 1 atom stereocenters. The molecule has 1 unspecified atom stereocenters. The molecule has 110 valence electrons. The van der Waals surface area contributed by atoms with Gasteiger partial charge in [-0.3, -0.25) is 4.79 Å². The monoisotopic (exact) mass is 413 g/mol. The summed E-state index contributed by atoms with van der Waals surface area (Å²) in [5.74, 6) is -0.0886. The van der Waals surface area contributed by atoms with Gasteiger partial charge < -0.3 is 5.32 Å². The lowest BCUT2D eigenvalue weighted by atomic mass is 10.0. The summed E-state index contributed by atoms with van der Waals surface area (Å²) in [6.07, 6.45) is 0.839. The Morgan fingerprint density at radius 1 is 1.24 bits per heavy atom. The smallest absolute Gasteiger partial charge is 0.252 e. The maximum Gasteiger partial charge on any atom is 0.252 e. The van der Waals surface area contributed by atoms with Crippen LogP contribution in [-0.2, 0) is 0 Å². The van der Waals surface area contributed by atoms with Crippen LogP contribution in [0.25, 0.3) is 0 Å². The Morgan fingerprint density at radius 2 is 1.90 bits per heavy atom. The predicted octanol–water partition coefficient (Wildman–Crippen LogP) is 5.13. The summed E-state index contributed by atoms with van der Waals surface area (Å²) >= 11 is 8.13. The maximum absolute atomic E-state index is 12.5. The Morgan fingerprint density at radius 3 is 2.52 bits per heavy atom. The largest absolute Gasteiger partial charge is 0.345 e. The Balaban J connectivity index is 2.20. The molecule has 0 aliphatic carbocycles. The van der Waals surface area contributed by atoms with Gasteiger partial charge in [-0.2, -0.15) is 0 Å². The van der Waals surface area contributed by atoms with Gasteiger partial charge in [0.05, 0.1) is 11.6 Å². The average molecular weight is 414 g/mol. The number of benzene rings is 2. The molecule has 2 aromatic carbocycles. The molecule has 2 aromatic rings. The van der Waals surface area contributed by atoms with Gasteiger partial charge in [0.1, 0.15) is 0 Å². The molecule has 0 heterocycles. The van der Waals surface area contributed by atoms with Gasteiger partial charge in [0, 0.05) is 8.59 Å². The van der Waals surface area contributed by atoms with Gasteiger partial charge in [-0.1, -0.05) is 48.4 Å². The lowest BCUT2D eigenvalue weighted by Gasteiger charge is -2.18. The Kier molecular flexibility index (Phi) is 5.65. The molecule has 4 heteroatoms. The second-order valence-electron chi connectivity index (χ2n) is 4.97. The number of aryl methyl sites for hydroxylation is 1. The summed E-state index contributed by atoms with van der Waals surface area (Å²) in [4.78, 5) is 12.5. The van der Waals surface area contributed by atoms with Crippen molar-refractivity contribution >= 4 is 40.1 Å². The number of hydrogen-bond acceptors (Lipinski definition) is 1. The molecule has 0 aromatic heterocycles. The van der Waals surface area contributed by atoms with Gasteiger partial charge in [-0.15, -0.1) is 0 Å². The van der Waals surface area contributed by atoms with Crippen LogP contribution < -0.4 is 5.32 Å². The minimum Gasteiger partial charge on any atom is -0.345 e. The van der Waals surface area contributed by atoms with Crippen LogP contribution in [0.1, 0.15) is 40.9 Å². The van der Waals surface area contributed by atoms with Crippen LogP contribution in [0.15, 0.2) is 42.5 Å². The van der Waals surface area contributed by atoms with Crippen LogP contribution in [0.5, 0.6) is 0 Å². The molecule has 1 amide bonds. The normalized spacial score (nSPS) is 12.0. The summed E-state index contributed by atoms with van der Waals surface area (Å²) < 4.78 is 0.897. The SMILES string of the molecule is CCC(NC(=O)c1cc(Cl)ccc1I)c1ccc(C)cc1. The van der Waals surface area contributed by atoms with E-state index in [4.69, 9.17) is 11.6 Å². The molecule has 0 radical (unpaired) electrons. The number of nitrogens with one attached hydrogen (secondary N) is 1. The van der Waals surface area contributed by atoms with Gasteiger partial charge >= 0.3 is 0 Å². The first-order valence-electron chi connectivity index (χ1n) is 6.83. The second kappa shape index (κ2) is 7.27. The molecule has 0 saturated carbocycles. The van der Waals surface area contributed by atoms with Crippen molar-refractivity contribution in [1.82, 2.24) is 5.32 Å². The minimum atomic E-state index is -0.0886. The predicted molar refractivity (Wildman–Crippen MR) is 95.8 cm³/mol. The zero-order valence-corrected chi connectivity index (χ0v) is 14.9. The third-order valence-electron chi connectivity index (χ3n) is 3.37. The van der Waals surface area contributed by atoms with Crippen molar-refractivity contribution in [2.45, 2.75) is 26.3 Å². The van der Waals surface area contributed by atoms with Crippen molar-refractivity contribution in [1.29, 1.82) is 0 Å². The standard InChI is InChI=1S/C17H17ClINO/c1-3-16(12-6-4-11(2)5-7-12)20-17(21)14-10-13(18)8-9-15(14)19/h4-10,16H,3H2,1-2H3,(H,20,21). The van der Waals surface area contributed by atoms with E-state index in [1.807, 2.05) is 6.07 Å². The topological polar surface area (TPSA) is 29.1 Å². The highest BCUT2D eigenvalue weighted by molar-refractivity contribution is 14.1. The average Bonchev–Trinajstić information content (AvgIpc) is 2.48. The van der Waals surface area contributed by atoms with E-state index in [-0.39, 0.29) is 11.9 Å². The van der Waals surface area contributed by atoms with Gasteiger partial charge in [0.15, 0.2) is 0 Å². The maximum atomic E-state index is 12.5. The third kappa shape index (κ3) is 4.20. The van der Waals surface area contributed by atoms with Gasteiger partial charge in [-0.05, 0) is 59.7 Å². The molecular weight excluding hydrogens is 397 g/mol. The summed E-state index contributed by atoms with van der Waals surface area (Å²) in [6.45, 7) is 4.12. The Labute approximate surface area is 144 Å². The molecule has 0 saturated heterocycles. The molecule has 0 spiro atoms. The summed E-state index contributed by atoms with van der Waals surface area (Å²) in [5, 5.41) is 3.66. The molecule has 0 bridgehead atoms. The Bertz CT molecular complexity index is 640. The fourth-order valence-corrected chi connectivity index (χ4v) is 2.88. The van der Waals surface area contributed by atoms with Crippen molar-refractivity contribution < 1.29 is 4.79 Å². The van der Waals surface area contributed by atoms with Crippen LogP contribution in [0.4, 0.5) is 0 Å². The first-order chi connectivity index (χ1) is 10.0. The molecule has 2 rings (SSSR count). The van der Waals surface area contributed by atoms with Gasteiger partial charge in [-0.25, -0.2) is 0 Å². The van der Waals surface area contributed by atoms with E-state index in [9.17, 15) is 4.79 Å². The van der Waals surface area contributed by atoms with E-state index in [0.29, 0.717) is 10.6 Å². The van der Waals surface area contributed by atoms with E-state index < -0.39 is 0 Å². The lowest BCUT2D eigenvalue weighted by Crippen LogP contribution is -2.28. The summed E-state index contributed by atoms with van der Waals surface area (Å²) in [6, 6.07) is 13.6. The highest BCUT2D eigenvalue weighted by Gasteiger charge is 2.16. The highest BCUT2D eigenvalue weighted by atomic mass is 127. The van der Waals surface area contributed by atoms with E-state index in [1.54, 1.807) is 12.1 Å². The summed E-state index contributed by atoms with van der Waals surface area (Å²) in [5.41, 5.74) is 2.95. The third-order valence-corrected chi connectivity index (χ3v) is 4.54. The van der Waals surface area contributed by atoms with E-state index in [2.05, 4.69) is 66.0 Å². The lowest BCUT2D eigenvalue weighted by molar-refractivity contribution is 0.0934. The van der Waals surface area contributed by atoms with Crippen LogP contribution in [0.3, 0.4) is 0 Å². The number of halogens is 2. The molecule has 0 fully saturated rings. The zero-order valence-electron chi connectivity index (χ0n) is 12.0. The zero-order chi connectivity index (χ0) is 15.4. The summed E-state index contributed by atoms with van der Waals surface area (Å²) in [7, 11) is 0. The van der Waals surface area contributed by atoms with Crippen molar-refractivity contribution in [3.8, 4) is 0 Å². The second-order valence-corrected chi connectivity index (χ2v) is 6.57. The van der Waals surface area contributed by atoms with E-state index in [0.717, 1.165) is 15.6 Å². The Hall–Kier alpha value is -1.07. The first kappa shape index (κ1) is 16.3. The number of carbonyl (C=O) groups excluding carboxylic acids is 1. The fourth-order valence-electron chi connectivity index (χ4n) is 2.13. The van der Waals surface area contributed by atoms with Crippen molar-refractivity contribution in [2.75, 3.05) is 0 Å². The number of carbonyl (C=O) groups is 1. The van der Waals surface area contributed by atoms with Crippen LogP contribution in [0.2, 0.25) is 5.02 Å².